The van der Waals surface area contributed by atoms with Crippen molar-refractivity contribution in [3.63, 3.8) is 0 Å². The lowest BCUT2D eigenvalue weighted by Gasteiger charge is -2.07. The van der Waals surface area contributed by atoms with Gasteiger partial charge in [0.25, 0.3) is 0 Å². The molecule has 0 aliphatic carbocycles. The predicted molar refractivity (Wildman–Crippen MR) is 76.0 cm³/mol. The van der Waals surface area contributed by atoms with Crippen LogP contribution in [0.4, 0.5) is 0 Å². The zero-order valence-corrected chi connectivity index (χ0v) is 11.0. The first-order valence-electron chi connectivity index (χ1n) is 6.01. The first kappa shape index (κ1) is 11.9. The molecule has 19 heavy (non-hydrogen) atoms. The fraction of sp³-hybridized carbons (Fsp3) is 0.0667. The molecular formula is C15H12ClN3. The molecule has 0 N–H and O–H groups in total. The van der Waals surface area contributed by atoms with Crippen LogP contribution < -0.4 is 0 Å². The molecule has 0 aliphatic heterocycles. The van der Waals surface area contributed by atoms with Gasteiger partial charge in [0.15, 0.2) is 5.82 Å². The molecule has 2 aromatic carbocycles. The fourth-order valence-corrected chi connectivity index (χ4v) is 2.22. The number of halogens is 1. The van der Waals surface area contributed by atoms with E-state index in [9.17, 15) is 0 Å². The van der Waals surface area contributed by atoms with Crippen molar-refractivity contribution in [2.75, 3.05) is 0 Å². The van der Waals surface area contributed by atoms with Crippen LogP contribution in [0.5, 0.6) is 0 Å². The maximum absolute atomic E-state index is 6.21. The van der Waals surface area contributed by atoms with Crippen LogP contribution in [0.15, 0.2) is 60.9 Å². The summed E-state index contributed by atoms with van der Waals surface area (Å²) in [5.74, 6) is 0.787. The highest BCUT2D eigenvalue weighted by Crippen LogP contribution is 2.25. The van der Waals surface area contributed by atoms with Crippen molar-refractivity contribution in [2.24, 2.45) is 0 Å². The number of hydrogen-bond donors (Lipinski definition) is 0. The van der Waals surface area contributed by atoms with Crippen molar-refractivity contribution in [3.05, 3.63) is 71.5 Å². The van der Waals surface area contributed by atoms with Gasteiger partial charge in [-0.25, -0.2) is 0 Å². The Bertz CT molecular complexity index is 677. The Kier molecular flexibility index (Phi) is 3.29. The molecule has 0 fully saturated rings. The fourth-order valence-electron chi connectivity index (χ4n) is 2.00. The number of nitrogens with zero attached hydrogens (tertiary/aromatic N) is 3. The molecule has 4 heteroatoms. The molecule has 0 saturated heterocycles. The van der Waals surface area contributed by atoms with Gasteiger partial charge in [-0.05, 0) is 17.7 Å². The molecule has 94 valence electrons. The third kappa shape index (κ3) is 2.51. The second-order valence-corrected chi connectivity index (χ2v) is 4.66. The zero-order valence-electron chi connectivity index (χ0n) is 10.2. The lowest BCUT2D eigenvalue weighted by molar-refractivity contribution is 0.803. The van der Waals surface area contributed by atoms with Gasteiger partial charge in [-0.3, -0.25) is 0 Å². The maximum atomic E-state index is 6.21. The highest BCUT2D eigenvalue weighted by molar-refractivity contribution is 6.33. The van der Waals surface area contributed by atoms with E-state index in [1.165, 1.54) is 5.56 Å². The van der Waals surface area contributed by atoms with Gasteiger partial charge in [0.2, 0.25) is 0 Å². The monoisotopic (exact) mass is 269 g/mol. The van der Waals surface area contributed by atoms with Crippen molar-refractivity contribution < 1.29 is 0 Å². The van der Waals surface area contributed by atoms with Crippen molar-refractivity contribution in [2.45, 2.75) is 6.54 Å². The second-order valence-electron chi connectivity index (χ2n) is 4.25. The summed E-state index contributed by atoms with van der Waals surface area (Å²) in [4.78, 5) is 0. The van der Waals surface area contributed by atoms with Crippen molar-refractivity contribution in [3.8, 4) is 11.4 Å². The third-order valence-electron chi connectivity index (χ3n) is 2.93. The SMILES string of the molecule is Clc1ccccc1-c1nncn1Cc1ccccc1. The first-order chi connectivity index (χ1) is 9.34. The van der Waals surface area contributed by atoms with E-state index in [1.54, 1.807) is 6.33 Å². The van der Waals surface area contributed by atoms with Gasteiger partial charge in [0, 0.05) is 5.56 Å². The highest BCUT2D eigenvalue weighted by atomic mass is 35.5. The normalized spacial score (nSPS) is 10.6. The van der Waals surface area contributed by atoms with E-state index in [0.29, 0.717) is 5.02 Å². The van der Waals surface area contributed by atoms with Gasteiger partial charge >= 0.3 is 0 Å². The Balaban J connectivity index is 1.98. The Morgan fingerprint density at radius 3 is 2.47 bits per heavy atom. The first-order valence-corrected chi connectivity index (χ1v) is 6.39. The largest absolute Gasteiger partial charge is 0.309 e. The zero-order chi connectivity index (χ0) is 13.1. The lowest BCUT2D eigenvalue weighted by Crippen LogP contribution is -2.01. The average molecular weight is 270 g/mol. The molecule has 3 aromatic rings. The van der Waals surface area contributed by atoms with Crippen LogP contribution in [0.25, 0.3) is 11.4 Å². The highest BCUT2D eigenvalue weighted by Gasteiger charge is 2.10. The molecule has 0 bridgehead atoms. The van der Waals surface area contributed by atoms with E-state index in [-0.39, 0.29) is 0 Å². The van der Waals surface area contributed by atoms with Crippen molar-refractivity contribution >= 4 is 11.6 Å². The summed E-state index contributed by atoms with van der Waals surface area (Å²) in [6, 6.07) is 17.9. The van der Waals surface area contributed by atoms with Crippen LogP contribution in [-0.2, 0) is 6.54 Å². The third-order valence-corrected chi connectivity index (χ3v) is 3.26. The molecule has 0 radical (unpaired) electrons. The predicted octanol–water partition coefficient (Wildman–Crippen LogP) is 3.65. The quantitative estimate of drug-likeness (QED) is 0.727. The van der Waals surface area contributed by atoms with Crippen LogP contribution >= 0.6 is 11.6 Å². The van der Waals surface area contributed by atoms with Crippen LogP contribution in [0.2, 0.25) is 5.02 Å². The van der Waals surface area contributed by atoms with Gasteiger partial charge in [-0.2, -0.15) is 0 Å². The summed E-state index contributed by atoms with van der Waals surface area (Å²) in [6.45, 7) is 0.731. The molecule has 0 unspecified atom stereocenters. The summed E-state index contributed by atoms with van der Waals surface area (Å²) in [5.41, 5.74) is 2.10. The average Bonchev–Trinajstić information content (AvgIpc) is 2.88. The van der Waals surface area contributed by atoms with Gasteiger partial charge in [0.1, 0.15) is 6.33 Å². The van der Waals surface area contributed by atoms with E-state index in [4.69, 9.17) is 11.6 Å². The summed E-state index contributed by atoms with van der Waals surface area (Å²) >= 11 is 6.21. The minimum absolute atomic E-state index is 0.685. The summed E-state index contributed by atoms with van der Waals surface area (Å²) < 4.78 is 2.00. The van der Waals surface area contributed by atoms with Gasteiger partial charge in [-0.1, -0.05) is 54.1 Å². The summed E-state index contributed by atoms with van der Waals surface area (Å²) in [5, 5.41) is 8.85. The minimum atomic E-state index is 0.685. The molecule has 0 amide bonds. The molecule has 0 atom stereocenters. The smallest absolute Gasteiger partial charge is 0.165 e. The van der Waals surface area contributed by atoms with Crippen LogP contribution in [-0.4, -0.2) is 14.8 Å². The van der Waals surface area contributed by atoms with Crippen LogP contribution in [0.3, 0.4) is 0 Å². The van der Waals surface area contributed by atoms with Gasteiger partial charge in [-0.15, -0.1) is 10.2 Å². The maximum Gasteiger partial charge on any atom is 0.165 e. The van der Waals surface area contributed by atoms with E-state index in [1.807, 2.05) is 47.0 Å². The Morgan fingerprint density at radius 1 is 0.947 bits per heavy atom. The van der Waals surface area contributed by atoms with Gasteiger partial charge in [0.05, 0.1) is 11.6 Å². The number of benzene rings is 2. The minimum Gasteiger partial charge on any atom is -0.309 e. The number of rotatable bonds is 3. The van der Waals surface area contributed by atoms with E-state index >= 15 is 0 Å². The van der Waals surface area contributed by atoms with Crippen molar-refractivity contribution in [1.82, 2.24) is 14.8 Å². The molecule has 0 aliphatic rings. The topological polar surface area (TPSA) is 30.7 Å². The van der Waals surface area contributed by atoms with Crippen molar-refractivity contribution in [1.29, 1.82) is 0 Å². The van der Waals surface area contributed by atoms with E-state index in [2.05, 4.69) is 22.3 Å². The molecule has 0 spiro atoms. The lowest BCUT2D eigenvalue weighted by atomic mass is 10.2. The molecule has 3 rings (SSSR count). The Morgan fingerprint density at radius 2 is 1.68 bits per heavy atom. The molecule has 3 nitrogen and oxygen atoms in total. The number of aromatic nitrogens is 3. The van der Waals surface area contributed by atoms with Crippen LogP contribution in [0, 0.1) is 0 Å². The molecular weight excluding hydrogens is 258 g/mol. The van der Waals surface area contributed by atoms with Crippen LogP contribution in [0.1, 0.15) is 5.56 Å². The Hall–Kier alpha value is -2.13. The second kappa shape index (κ2) is 5.24. The molecule has 1 heterocycles. The van der Waals surface area contributed by atoms with E-state index in [0.717, 1.165) is 17.9 Å². The number of hydrogen-bond acceptors (Lipinski definition) is 2. The summed E-state index contributed by atoms with van der Waals surface area (Å²) in [7, 11) is 0. The summed E-state index contributed by atoms with van der Waals surface area (Å²) in [6.07, 6.45) is 1.73. The molecule has 0 saturated carbocycles. The van der Waals surface area contributed by atoms with Gasteiger partial charge < -0.3 is 4.57 Å². The Labute approximate surface area is 116 Å². The molecule has 1 aromatic heterocycles. The van der Waals surface area contributed by atoms with E-state index < -0.39 is 0 Å². The standard InChI is InChI=1S/C15H12ClN3/c16-14-9-5-4-8-13(14)15-18-17-11-19(15)10-12-6-2-1-3-7-12/h1-9,11H,10H2.